The minimum atomic E-state index is 0.576. The Morgan fingerprint density at radius 2 is 2.17 bits per heavy atom. The Morgan fingerprint density at radius 3 is 2.87 bits per heavy atom. The summed E-state index contributed by atoms with van der Waals surface area (Å²) in [6.45, 7) is 8.15. The van der Waals surface area contributed by atoms with Crippen molar-refractivity contribution in [2.45, 2.75) is 65.3 Å². The molecule has 1 heterocycles. The van der Waals surface area contributed by atoms with Gasteiger partial charge in [-0.25, -0.2) is 0 Å². The zero-order chi connectivity index (χ0) is 16.5. The molecule has 4 heteroatoms. The first-order valence-electron chi connectivity index (χ1n) is 9.17. The lowest BCUT2D eigenvalue weighted by Crippen LogP contribution is -2.45. The maximum Gasteiger partial charge on any atom is 0.191 e. The molecule has 1 aliphatic carbocycles. The van der Waals surface area contributed by atoms with E-state index in [1.165, 1.54) is 37.7 Å². The number of hydrogen-bond donors (Lipinski definition) is 2. The van der Waals surface area contributed by atoms with E-state index in [4.69, 9.17) is 4.99 Å². The maximum absolute atomic E-state index is 4.74. The molecular formula is C19H32N4. The second-order valence-electron chi connectivity index (χ2n) is 6.60. The predicted molar refractivity (Wildman–Crippen MR) is 97.8 cm³/mol. The lowest BCUT2D eigenvalue weighted by Gasteiger charge is -2.30. The molecule has 2 rings (SSSR count). The molecular weight excluding hydrogens is 284 g/mol. The van der Waals surface area contributed by atoms with Gasteiger partial charge in [-0.15, -0.1) is 0 Å². The lowest BCUT2D eigenvalue weighted by atomic mass is 9.84. The molecule has 23 heavy (non-hydrogen) atoms. The molecule has 0 radical (unpaired) electrons. The summed E-state index contributed by atoms with van der Waals surface area (Å²) < 4.78 is 0. The van der Waals surface area contributed by atoms with Crippen molar-refractivity contribution in [1.29, 1.82) is 0 Å². The largest absolute Gasteiger partial charge is 0.357 e. The minimum absolute atomic E-state index is 0.576. The summed E-state index contributed by atoms with van der Waals surface area (Å²) in [5.74, 6) is 1.84. The molecule has 0 aliphatic heterocycles. The van der Waals surface area contributed by atoms with Crippen molar-refractivity contribution in [3.8, 4) is 0 Å². The quantitative estimate of drug-likeness (QED) is 0.624. The Labute approximate surface area is 141 Å². The molecule has 1 fully saturated rings. The highest BCUT2D eigenvalue weighted by Gasteiger charge is 2.21. The number of hydrogen-bond acceptors (Lipinski definition) is 2. The van der Waals surface area contributed by atoms with Crippen molar-refractivity contribution in [3.05, 3.63) is 29.6 Å². The average Bonchev–Trinajstić information content (AvgIpc) is 2.57. The molecule has 0 amide bonds. The van der Waals surface area contributed by atoms with E-state index in [1.807, 2.05) is 13.1 Å². The Bertz CT molecular complexity index is 481. The number of guanidine groups is 1. The van der Waals surface area contributed by atoms with Gasteiger partial charge in [-0.1, -0.05) is 32.3 Å². The highest BCUT2D eigenvalue weighted by Crippen LogP contribution is 2.26. The fourth-order valence-corrected chi connectivity index (χ4v) is 3.25. The second kappa shape index (κ2) is 9.53. The van der Waals surface area contributed by atoms with E-state index in [9.17, 15) is 0 Å². The van der Waals surface area contributed by atoms with Gasteiger partial charge in [0.05, 0.1) is 0 Å². The van der Waals surface area contributed by atoms with Crippen LogP contribution in [-0.4, -0.2) is 30.1 Å². The Morgan fingerprint density at radius 1 is 1.30 bits per heavy atom. The summed E-state index contributed by atoms with van der Waals surface area (Å²) >= 11 is 0. The van der Waals surface area contributed by atoms with E-state index < -0.39 is 0 Å². The van der Waals surface area contributed by atoms with E-state index in [2.05, 4.69) is 41.6 Å². The molecule has 2 unspecified atom stereocenters. The summed E-state index contributed by atoms with van der Waals surface area (Å²) in [5.41, 5.74) is 2.31. The van der Waals surface area contributed by atoms with Crippen molar-refractivity contribution in [1.82, 2.24) is 15.6 Å². The molecule has 2 N–H and O–H groups in total. The van der Waals surface area contributed by atoms with E-state index in [-0.39, 0.29) is 0 Å². The van der Waals surface area contributed by atoms with E-state index in [1.54, 1.807) is 0 Å². The molecule has 0 aromatic carbocycles. The van der Waals surface area contributed by atoms with Crippen molar-refractivity contribution in [2.24, 2.45) is 10.9 Å². The Balaban J connectivity index is 1.85. The van der Waals surface area contributed by atoms with Crippen LogP contribution in [0.3, 0.4) is 0 Å². The minimum Gasteiger partial charge on any atom is -0.357 e. The number of pyridine rings is 1. The van der Waals surface area contributed by atoms with Crippen molar-refractivity contribution in [3.63, 3.8) is 0 Å². The second-order valence-corrected chi connectivity index (χ2v) is 6.60. The van der Waals surface area contributed by atoms with Gasteiger partial charge in [0.15, 0.2) is 5.96 Å². The third kappa shape index (κ3) is 6.20. The summed E-state index contributed by atoms with van der Waals surface area (Å²) in [6.07, 6.45) is 9.47. The third-order valence-corrected chi connectivity index (χ3v) is 4.69. The normalized spacial score (nSPS) is 22.0. The molecule has 4 nitrogen and oxygen atoms in total. The van der Waals surface area contributed by atoms with Gasteiger partial charge in [-0.3, -0.25) is 9.98 Å². The van der Waals surface area contributed by atoms with Crippen LogP contribution in [0.2, 0.25) is 0 Å². The highest BCUT2D eigenvalue weighted by molar-refractivity contribution is 5.80. The number of aliphatic imine (C=N–C) groups is 1. The smallest absolute Gasteiger partial charge is 0.191 e. The first-order chi connectivity index (χ1) is 11.2. The van der Waals surface area contributed by atoms with Gasteiger partial charge in [0.1, 0.15) is 0 Å². The number of aromatic nitrogens is 1. The zero-order valence-electron chi connectivity index (χ0n) is 14.9. The van der Waals surface area contributed by atoms with Crippen LogP contribution in [0.4, 0.5) is 0 Å². The van der Waals surface area contributed by atoms with E-state index in [0.29, 0.717) is 6.04 Å². The van der Waals surface area contributed by atoms with Gasteiger partial charge < -0.3 is 10.6 Å². The van der Waals surface area contributed by atoms with Crippen LogP contribution in [0, 0.1) is 12.8 Å². The molecule has 0 spiro atoms. The van der Waals surface area contributed by atoms with Crippen LogP contribution in [0.1, 0.15) is 57.2 Å². The fourth-order valence-electron chi connectivity index (χ4n) is 3.25. The maximum atomic E-state index is 4.74. The number of rotatable bonds is 6. The molecule has 1 aromatic heterocycles. The predicted octanol–water partition coefficient (Wildman–Crippen LogP) is 3.46. The first-order valence-corrected chi connectivity index (χ1v) is 9.17. The standard InChI is InChI=1S/C19H32N4/c1-4-16-7-6-8-18(13-16)23-19(20-5-2)21-12-11-17-10-9-15(3)22-14-17/h9-10,14,16,18H,4-8,11-13H2,1-3H3,(H2,20,21,23). The molecule has 1 aromatic rings. The van der Waals surface area contributed by atoms with Crippen LogP contribution in [-0.2, 0) is 6.42 Å². The first kappa shape index (κ1) is 17.8. The van der Waals surface area contributed by atoms with Crippen molar-refractivity contribution >= 4 is 5.96 Å². The molecule has 0 bridgehead atoms. The monoisotopic (exact) mass is 316 g/mol. The van der Waals surface area contributed by atoms with Crippen LogP contribution >= 0.6 is 0 Å². The molecule has 128 valence electrons. The molecule has 0 saturated heterocycles. The van der Waals surface area contributed by atoms with Gasteiger partial charge in [-0.05, 0) is 50.7 Å². The van der Waals surface area contributed by atoms with Gasteiger partial charge in [-0.2, -0.15) is 0 Å². The van der Waals surface area contributed by atoms with E-state index in [0.717, 1.165) is 37.1 Å². The third-order valence-electron chi connectivity index (χ3n) is 4.69. The molecule has 1 aliphatic rings. The Kier molecular flexibility index (Phi) is 7.37. The summed E-state index contributed by atoms with van der Waals surface area (Å²) in [5, 5.41) is 7.02. The zero-order valence-corrected chi connectivity index (χ0v) is 14.9. The van der Waals surface area contributed by atoms with Gasteiger partial charge in [0, 0.05) is 31.0 Å². The summed E-state index contributed by atoms with van der Waals surface area (Å²) in [7, 11) is 0. The average molecular weight is 316 g/mol. The van der Waals surface area contributed by atoms with Crippen LogP contribution in [0.25, 0.3) is 0 Å². The molecule has 1 saturated carbocycles. The molecule has 2 atom stereocenters. The number of nitrogens with zero attached hydrogens (tertiary/aromatic N) is 2. The van der Waals surface area contributed by atoms with Crippen LogP contribution in [0.5, 0.6) is 0 Å². The SMILES string of the molecule is CCNC(=NCCc1ccc(C)nc1)NC1CCCC(CC)C1. The van der Waals surface area contributed by atoms with Crippen LogP contribution < -0.4 is 10.6 Å². The van der Waals surface area contributed by atoms with Gasteiger partial charge >= 0.3 is 0 Å². The van der Waals surface area contributed by atoms with Crippen LogP contribution in [0.15, 0.2) is 23.3 Å². The van der Waals surface area contributed by atoms with E-state index >= 15 is 0 Å². The highest BCUT2D eigenvalue weighted by atomic mass is 15.2. The number of aryl methyl sites for hydroxylation is 1. The number of nitrogens with one attached hydrogen (secondary N) is 2. The summed E-state index contributed by atoms with van der Waals surface area (Å²) in [6, 6.07) is 4.79. The van der Waals surface area contributed by atoms with Crippen molar-refractivity contribution in [2.75, 3.05) is 13.1 Å². The lowest BCUT2D eigenvalue weighted by molar-refractivity contribution is 0.298. The summed E-state index contributed by atoms with van der Waals surface area (Å²) in [4.78, 5) is 9.09. The van der Waals surface area contributed by atoms with Gasteiger partial charge in [0.2, 0.25) is 0 Å². The van der Waals surface area contributed by atoms with Gasteiger partial charge in [0.25, 0.3) is 0 Å². The fraction of sp³-hybridized carbons (Fsp3) is 0.684. The topological polar surface area (TPSA) is 49.3 Å². The van der Waals surface area contributed by atoms with Crippen molar-refractivity contribution < 1.29 is 0 Å². The Hall–Kier alpha value is -1.58.